The standard InChI is InChI=1S/C13H14NO4/c15-10-14-8-4-7-13(17)18-9-12(16)11-5-2-1-3-6-11/h1-3,5-6H,4,7-9H2,(H,14,15). The van der Waals surface area contributed by atoms with Crippen LogP contribution in [0.25, 0.3) is 0 Å². The van der Waals surface area contributed by atoms with Gasteiger partial charge >= 0.3 is 12.4 Å². The third kappa shape index (κ3) is 5.25. The van der Waals surface area contributed by atoms with E-state index >= 15 is 0 Å². The molecule has 0 aliphatic heterocycles. The maximum Gasteiger partial charge on any atom is 0.309 e. The van der Waals surface area contributed by atoms with Gasteiger partial charge in [0.2, 0.25) is 0 Å². The minimum absolute atomic E-state index is 0.163. The van der Waals surface area contributed by atoms with Crippen molar-refractivity contribution in [2.75, 3.05) is 13.2 Å². The third-order valence-corrected chi connectivity index (χ3v) is 2.21. The third-order valence-electron chi connectivity index (χ3n) is 2.21. The van der Waals surface area contributed by atoms with E-state index in [9.17, 15) is 14.4 Å². The monoisotopic (exact) mass is 248 g/mol. The van der Waals surface area contributed by atoms with Gasteiger partial charge in [-0.05, 0) is 6.42 Å². The molecule has 18 heavy (non-hydrogen) atoms. The number of hydrogen-bond donors (Lipinski definition) is 1. The molecular weight excluding hydrogens is 234 g/mol. The quantitative estimate of drug-likeness (QED) is 0.320. The molecule has 5 nitrogen and oxygen atoms in total. The van der Waals surface area contributed by atoms with E-state index in [2.05, 4.69) is 5.32 Å². The fourth-order valence-electron chi connectivity index (χ4n) is 1.30. The summed E-state index contributed by atoms with van der Waals surface area (Å²) in [5, 5.41) is 2.31. The number of esters is 1. The van der Waals surface area contributed by atoms with Crippen LogP contribution < -0.4 is 5.32 Å². The summed E-state index contributed by atoms with van der Waals surface area (Å²) in [6, 6.07) is 8.63. The number of rotatable bonds is 8. The molecule has 1 aromatic rings. The Hall–Kier alpha value is -2.17. The molecule has 1 amide bonds. The van der Waals surface area contributed by atoms with Crippen molar-refractivity contribution in [3.63, 3.8) is 0 Å². The van der Waals surface area contributed by atoms with Crippen LogP contribution in [-0.4, -0.2) is 31.3 Å². The topological polar surface area (TPSA) is 72.5 Å². The van der Waals surface area contributed by atoms with Gasteiger partial charge in [-0.2, -0.15) is 0 Å². The van der Waals surface area contributed by atoms with E-state index in [1.165, 1.54) is 6.41 Å². The molecule has 1 radical (unpaired) electrons. The summed E-state index contributed by atoms with van der Waals surface area (Å²) in [6.07, 6.45) is 2.14. The van der Waals surface area contributed by atoms with Crippen molar-refractivity contribution in [1.29, 1.82) is 0 Å². The van der Waals surface area contributed by atoms with E-state index < -0.39 is 5.97 Å². The molecule has 0 fully saturated rings. The van der Waals surface area contributed by atoms with E-state index in [4.69, 9.17) is 4.74 Å². The van der Waals surface area contributed by atoms with Crippen molar-refractivity contribution < 1.29 is 19.1 Å². The molecule has 1 aromatic carbocycles. The van der Waals surface area contributed by atoms with Crippen LogP contribution in [0, 0.1) is 0 Å². The molecule has 0 atom stereocenters. The van der Waals surface area contributed by atoms with Crippen LogP contribution in [0.5, 0.6) is 0 Å². The molecule has 0 saturated heterocycles. The minimum Gasteiger partial charge on any atom is -0.457 e. The second kappa shape index (κ2) is 8.00. The first-order chi connectivity index (χ1) is 8.74. The van der Waals surface area contributed by atoms with Gasteiger partial charge in [-0.15, -0.1) is 0 Å². The SMILES string of the molecule is O=[C]NCCCC(=O)OCC(=O)c1ccccc1. The lowest BCUT2D eigenvalue weighted by Gasteiger charge is -2.04. The zero-order chi connectivity index (χ0) is 13.2. The average molecular weight is 248 g/mol. The van der Waals surface area contributed by atoms with Crippen LogP contribution >= 0.6 is 0 Å². The first-order valence-electron chi connectivity index (χ1n) is 5.58. The highest BCUT2D eigenvalue weighted by molar-refractivity contribution is 5.97. The largest absolute Gasteiger partial charge is 0.457 e. The number of benzene rings is 1. The summed E-state index contributed by atoms with van der Waals surface area (Å²) >= 11 is 0. The number of Topliss-reactive ketones (excluding diaryl/α,β-unsaturated/α-hetero) is 1. The van der Waals surface area contributed by atoms with Crippen LogP contribution in [0.15, 0.2) is 30.3 Å². The maximum absolute atomic E-state index is 11.6. The normalized spacial score (nSPS) is 9.56. The predicted molar refractivity (Wildman–Crippen MR) is 64.7 cm³/mol. The second-order valence-corrected chi connectivity index (χ2v) is 3.58. The number of ketones is 1. The first-order valence-corrected chi connectivity index (χ1v) is 5.58. The Balaban J connectivity index is 2.22. The first kappa shape index (κ1) is 13.9. The Morgan fingerprint density at radius 1 is 1.22 bits per heavy atom. The van der Waals surface area contributed by atoms with Gasteiger partial charge < -0.3 is 10.1 Å². The van der Waals surface area contributed by atoms with Gasteiger partial charge in [0.1, 0.15) is 0 Å². The zero-order valence-electron chi connectivity index (χ0n) is 9.85. The summed E-state index contributed by atoms with van der Waals surface area (Å²) in [5.41, 5.74) is 0.516. The van der Waals surface area contributed by atoms with Crippen molar-refractivity contribution in [2.24, 2.45) is 0 Å². The van der Waals surface area contributed by atoms with E-state index in [-0.39, 0.29) is 18.8 Å². The number of hydrogen-bond acceptors (Lipinski definition) is 4. The summed E-state index contributed by atoms with van der Waals surface area (Å²) < 4.78 is 4.82. The molecule has 0 aliphatic rings. The van der Waals surface area contributed by atoms with Crippen LogP contribution in [0.2, 0.25) is 0 Å². The van der Waals surface area contributed by atoms with E-state index in [1.807, 2.05) is 0 Å². The molecule has 5 heteroatoms. The van der Waals surface area contributed by atoms with Gasteiger partial charge in [-0.3, -0.25) is 14.4 Å². The molecule has 95 valence electrons. The van der Waals surface area contributed by atoms with Crippen molar-refractivity contribution in [3.05, 3.63) is 35.9 Å². The van der Waals surface area contributed by atoms with Gasteiger partial charge in [0.05, 0.1) is 0 Å². The van der Waals surface area contributed by atoms with E-state index in [0.717, 1.165) is 0 Å². The summed E-state index contributed by atoms with van der Waals surface area (Å²) in [7, 11) is 0. The fourth-order valence-corrected chi connectivity index (χ4v) is 1.30. The second-order valence-electron chi connectivity index (χ2n) is 3.58. The molecule has 0 aliphatic carbocycles. The summed E-state index contributed by atoms with van der Waals surface area (Å²) in [6.45, 7) is 0.112. The Morgan fingerprint density at radius 3 is 2.61 bits per heavy atom. The summed E-state index contributed by atoms with van der Waals surface area (Å²) in [5.74, 6) is -0.685. The molecule has 0 aromatic heterocycles. The molecular formula is C13H14NO4. The van der Waals surface area contributed by atoms with Gasteiger partial charge in [0.15, 0.2) is 12.4 Å². The zero-order valence-corrected chi connectivity index (χ0v) is 9.85. The van der Waals surface area contributed by atoms with Crippen molar-refractivity contribution >= 4 is 18.2 Å². The number of ether oxygens (including phenoxy) is 1. The number of carbonyl (C=O) groups is 2. The van der Waals surface area contributed by atoms with Crippen LogP contribution in [0.3, 0.4) is 0 Å². The number of nitrogens with one attached hydrogen (secondary N) is 1. The fraction of sp³-hybridized carbons (Fsp3) is 0.308. The van der Waals surface area contributed by atoms with E-state index in [1.54, 1.807) is 30.3 Å². The Bertz CT molecular complexity index is 403. The summed E-state index contributed by atoms with van der Waals surface area (Å²) in [4.78, 5) is 32.7. The average Bonchev–Trinajstić information content (AvgIpc) is 2.42. The lowest BCUT2D eigenvalue weighted by Crippen LogP contribution is -2.17. The Labute approximate surface area is 105 Å². The molecule has 0 bridgehead atoms. The lowest BCUT2D eigenvalue weighted by atomic mass is 10.1. The molecule has 0 spiro atoms. The maximum atomic E-state index is 11.6. The minimum atomic E-state index is -0.452. The highest BCUT2D eigenvalue weighted by Gasteiger charge is 2.09. The Morgan fingerprint density at radius 2 is 1.94 bits per heavy atom. The predicted octanol–water partition coefficient (Wildman–Crippen LogP) is 0.849. The van der Waals surface area contributed by atoms with Crippen molar-refractivity contribution in [3.8, 4) is 0 Å². The van der Waals surface area contributed by atoms with Gasteiger partial charge in [-0.1, -0.05) is 30.3 Å². The van der Waals surface area contributed by atoms with Crippen LogP contribution in [0.1, 0.15) is 23.2 Å². The molecule has 0 saturated carbocycles. The molecule has 0 unspecified atom stereocenters. The smallest absolute Gasteiger partial charge is 0.309 e. The van der Waals surface area contributed by atoms with Crippen molar-refractivity contribution in [1.82, 2.24) is 5.32 Å². The highest BCUT2D eigenvalue weighted by Crippen LogP contribution is 2.01. The molecule has 1 N–H and O–H groups in total. The van der Waals surface area contributed by atoms with E-state index in [0.29, 0.717) is 18.5 Å². The van der Waals surface area contributed by atoms with Crippen LogP contribution in [-0.2, 0) is 14.3 Å². The van der Waals surface area contributed by atoms with Gasteiger partial charge in [0.25, 0.3) is 0 Å². The number of amides is 1. The number of carbonyl (C=O) groups excluding carboxylic acids is 3. The molecule has 1 rings (SSSR count). The van der Waals surface area contributed by atoms with Crippen LogP contribution in [0.4, 0.5) is 0 Å². The highest BCUT2D eigenvalue weighted by atomic mass is 16.5. The molecule has 0 heterocycles. The van der Waals surface area contributed by atoms with Gasteiger partial charge in [0, 0.05) is 18.5 Å². The van der Waals surface area contributed by atoms with Crippen molar-refractivity contribution in [2.45, 2.75) is 12.8 Å². The lowest BCUT2D eigenvalue weighted by molar-refractivity contribution is -0.142. The Kier molecular flexibility index (Phi) is 6.17. The van der Waals surface area contributed by atoms with Gasteiger partial charge in [-0.25, -0.2) is 0 Å².